The van der Waals surface area contributed by atoms with Crippen LogP contribution in [0.4, 0.5) is 11.4 Å². The molecular weight excluding hydrogens is 462 g/mol. The molecule has 0 aliphatic carbocycles. The van der Waals surface area contributed by atoms with Crippen LogP contribution in [0, 0.1) is 19.8 Å². The average Bonchev–Trinajstić information content (AvgIpc) is 2.92. The highest BCUT2D eigenvalue weighted by atomic mass is 32.2. The second-order valence-corrected chi connectivity index (χ2v) is 10.1. The van der Waals surface area contributed by atoms with E-state index in [0.717, 1.165) is 33.7 Å². The fourth-order valence-electron chi connectivity index (χ4n) is 4.06. The van der Waals surface area contributed by atoms with E-state index in [0.29, 0.717) is 28.3 Å². The number of fused-ring (bicyclic) bond motifs is 3. The van der Waals surface area contributed by atoms with Gasteiger partial charge in [0.15, 0.2) is 5.69 Å². The van der Waals surface area contributed by atoms with Gasteiger partial charge < -0.3 is 10.1 Å². The molecule has 4 rings (SSSR count). The lowest BCUT2D eigenvalue weighted by Gasteiger charge is -2.31. The lowest BCUT2D eigenvalue weighted by atomic mass is 10.00. The first-order valence-corrected chi connectivity index (χ1v) is 12.5. The Morgan fingerprint density at radius 1 is 1.11 bits per heavy atom. The summed E-state index contributed by atoms with van der Waals surface area (Å²) in [5, 5.41) is 12.1. The Kier molecular flexibility index (Phi) is 7.07. The lowest BCUT2D eigenvalue weighted by molar-refractivity contribution is -0.118. The second-order valence-electron chi connectivity index (χ2n) is 9.09. The summed E-state index contributed by atoms with van der Waals surface area (Å²) in [5.41, 5.74) is 5.34. The number of benzene rings is 2. The van der Waals surface area contributed by atoms with Gasteiger partial charge in [0.2, 0.25) is 29.1 Å². The molecule has 35 heavy (non-hydrogen) atoms. The fraction of sp³-hybridized carbons (Fsp3) is 0.346. The van der Waals surface area contributed by atoms with E-state index in [9.17, 15) is 9.59 Å². The van der Waals surface area contributed by atoms with E-state index in [1.165, 1.54) is 25.6 Å². The maximum absolute atomic E-state index is 13.1. The Morgan fingerprint density at radius 3 is 2.46 bits per heavy atom. The molecule has 0 fully saturated rings. The van der Waals surface area contributed by atoms with Gasteiger partial charge in [0.1, 0.15) is 0 Å². The predicted molar refractivity (Wildman–Crippen MR) is 138 cm³/mol. The van der Waals surface area contributed by atoms with E-state index >= 15 is 0 Å². The molecule has 182 valence electrons. The van der Waals surface area contributed by atoms with Crippen molar-refractivity contribution in [3.63, 3.8) is 0 Å². The largest absolute Gasteiger partial charge is 0.447 e. The van der Waals surface area contributed by atoms with E-state index in [4.69, 9.17) is 9.72 Å². The number of hydrogen-bond donors (Lipinski definition) is 1. The first kappa shape index (κ1) is 24.7. The molecule has 0 spiro atoms. The number of ether oxygens (including phenoxy) is 1. The van der Waals surface area contributed by atoms with Crippen molar-refractivity contribution in [3.8, 4) is 17.1 Å². The number of thioether (sulfide) groups is 1. The minimum absolute atomic E-state index is 0.156. The van der Waals surface area contributed by atoms with Crippen molar-refractivity contribution in [1.82, 2.24) is 15.2 Å². The van der Waals surface area contributed by atoms with Crippen molar-refractivity contribution < 1.29 is 14.3 Å². The first-order valence-electron chi connectivity index (χ1n) is 11.5. The molecule has 0 bridgehead atoms. The van der Waals surface area contributed by atoms with E-state index < -0.39 is 6.23 Å². The van der Waals surface area contributed by atoms with Gasteiger partial charge in [0, 0.05) is 36.4 Å². The van der Waals surface area contributed by atoms with E-state index in [1.54, 1.807) is 17.0 Å². The maximum Gasteiger partial charge on any atom is 0.247 e. The molecule has 3 aromatic rings. The highest BCUT2D eigenvalue weighted by molar-refractivity contribution is 7.99. The Balaban J connectivity index is 1.88. The monoisotopic (exact) mass is 491 g/mol. The molecule has 2 amide bonds. The summed E-state index contributed by atoms with van der Waals surface area (Å²) in [5.74, 6) is 1.32. The average molecular weight is 492 g/mol. The van der Waals surface area contributed by atoms with Crippen LogP contribution in [0.25, 0.3) is 11.3 Å². The number of carbonyl (C=O) groups excluding carboxylic acids is 2. The van der Waals surface area contributed by atoms with Gasteiger partial charge in [-0.25, -0.2) is 0 Å². The number of nitrogens with one attached hydrogen (secondary N) is 1. The maximum atomic E-state index is 13.1. The van der Waals surface area contributed by atoms with Crippen molar-refractivity contribution in [2.24, 2.45) is 5.92 Å². The normalized spacial score (nSPS) is 14.6. The summed E-state index contributed by atoms with van der Waals surface area (Å²) in [6.45, 7) is 11.2. The topological polar surface area (TPSA) is 97.3 Å². The zero-order valence-electron chi connectivity index (χ0n) is 20.7. The zero-order valence-corrected chi connectivity index (χ0v) is 21.6. The predicted octanol–water partition coefficient (Wildman–Crippen LogP) is 5.31. The third-order valence-corrected chi connectivity index (χ3v) is 6.70. The molecule has 2 heterocycles. The zero-order chi connectivity index (χ0) is 25.3. The van der Waals surface area contributed by atoms with Crippen molar-refractivity contribution in [2.75, 3.05) is 16.0 Å². The molecule has 1 aromatic heterocycles. The molecule has 0 saturated heterocycles. The van der Waals surface area contributed by atoms with Crippen LogP contribution < -0.4 is 15.0 Å². The standard InChI is InChI=1S/C26H29N5O3S/c1-14(2)13-35-26-28-24-22(29-30-26)21-12-15(3)11-16(4)23(21)31(18(6)33)25(34-24)19-7-9-20(10-8-19)27-17(5)32/h7-12,14,25H,13H2,1-6H3,(H,27,32)/t25-/m1/s1. The third-order valence-electron chi connectivity index (χ3n) is 5.44. The smallest absolute Gasteiger partial charge is 0.247 e. The Morgan fingerprint density at radius 2 is 1.83 bits per heavy atom. The van der Waals surface area contributed by atoms with Gasteiger partial charge in [0.05, 0.1) is 5.69 Å². The molecule has 0 saturated carbocycles. The molecule has 1 atom stereocenters. The van der Waals surface area contributed by atoms with E-state index in [1.807, 2.05) is 38.1 Å². The summed E-state index contributed by atoms with van der Waals surface area (Å²) < 4.78 is 6.45. The molecule has 1 aliphatic rings. The van der Waals surface area contributed by atoms with Crippen molar-refractivity contribution >= 4 is 35.0 Å². The van der Waals surface area contributed by atoms with Gasteiger partial charge >= 0.3 is 0 Å². The molecule has 1 N–H and O–H groups in total. The van der Waals surface area contributed by atoms with Gasteiger partial charge in [0.25, 0.3) is 0 Å². The number of nitrogens with zero attached hydrogens (tertiary/aromatic N) is 4. The van der Waals surface area contributed by atoms with Crippen molar-refractivity contribution in [2.45, 2.75) is 52.9 Å². The summed E-state index contributed by atoms with van der Waals surface area (Å²) in [4.78, 5) is 30.9. The van der Waals surface area contributed by atoms with Gasteiger partial charge in [-0.1, -0.05) is 49.4 Å². The van der Waals surface area contributed by atoms with Crippen molar-refractivity contribution in [1.29, 1.82) is 0 Å². The number of aryl methyl sites for hydroxylation is 2. The number of amides is 2. The van der Waals surface area contributed by atoms with Gasteiger partial charge in [-0.15, -0.1) is 10.2 Å². The minimum atomic E-state index is -0.778. The Bertz CT molecular complexity index is 1280. The van der Waals surface area contributed by atoms with Gasteiger partial charge in [-0.3, -0.25) is 14.5 Å². The van der Waals surface area contributed by atoms with E-state index in [-0.39, 0.29) is 11.8 Å². The highest BCUT2D eigenvalue weighted by Gasteiger charge is 2.35. The molecule has 0 radical (unpaired) electrons. The number of carbonyl (C=O) groups is 2. The molecule has 8 nitrogen and oxygen atoms in total. The quantitative estimate of drug-likeness (QED) is 0.483. The van der Waals surface area contributed by atoms with Gasteiger partial charge in [-0.2, -0.15) is 4.98 Å². The summed E-state index contributed by atoms with van der Waals surface area (Å²) in [6, 6.07) is 11.3. The second kappa shape index (κ2) is 10.0. The SMILES string of the molecule is CC(=O)Nc1ccc([C@H]2Oc3nc(SCC(C)C)nnc3-c3cc(C)cc(C)c3N2C(C)=O)cc1. The van der Waals surface area contributed by atoms with Crippen LogP contribution in [0.3, 0.4) is 0 Å². The third kappa shape index (κ3) is 5.30. The van der Waals surface area contributed by atoms with Crippen molar-refractivity contribution in [3.05, 3.63) is 53.1 Å². The Labute approximate surface area is 209 Å². The summed E-state index contributed by atoms with van der Waals surface area (Å²) >= 11 is 1.52. The number of aromatic nitrogens is 3. The number of rotatable bonds is 5. The summed E-state index contributed by atoms with van der Waals surface area (Å²) in [6.07, 6.45) is -0.778. The lowest BCUT2D eigenvalue weighted by Crippen LogP contribution is -2.36. The number of hydrogen-bond acceptors (Lipinski definition) is 7. The van der Waals surface area contributed by atoms with E-state index in [2.05, 4.69) is 29.4 Å². The molecule has 2 aromatic carbocycles. The van der Waals surface area contributed by atoms with Gasteiger partial charge in [-0.05, 0) is 43.5 Å². The van der Waals surface area contributed by atoms with Crippen LogP contribution in [0.2, 0.25) is 0 Å². The minimum Gasteiger partial charge on any atom is -0.447 e. The first-order chi connectivity index (χ1) is 16.6. The molecule has 1 aliphatic heterocycles. The highest BCUT2D eigenvalue weighted by Crippen LogP contribution is 2.45. The fourth-order valence-corrected chi connectivity index (χ4v) is 4.79. The molecule has 0 unspecified atom stereocenters. The summed E-state index contributed by atoms with van der Waals surface area (Å²) in [7, 11) is 0. The van der Waals surface area contributed by atoms with Crippen LogP contribution in [-0.2, 0) is 9.59 Å². The van der Waals surface area contributed by atoms with Crippen LogP contribution >= 0.6 is 11.8 Å². The van der Waals surface area contributed by atoms with Crippen LogP contribution in [0.5, 0.6) is 5.88 Å². The van der Waals surface area contributed by atoms with Crippen LogP contribution in [0.15, 0.2) is 41.6 Å². The van der Waals surface area contributed by atoms with Crippen LogP contribution in [-0.4, -0.2) is 32.7 Å². The molecular formula is C26H29N5O3S. The molecule has 9 heteroatoms. The van der Waals surface area contributed by atoms with Crippen LogP contribution in [0.1, 0.15) is 50.6 Å². The number of anilines is 2. The Hall–Kier alpha value is -3.46.